The Kier molecular flexibility index (Phi) is 4.04. The number of benzene rings is 1. The molecule has 0 spiro atoms. The van der Waals surface area contributed by atoms with Crippen LogP contribution in [-0.2, 0) is 20.9 Å². The van der Waals surface area contributed by atoms with Gasteiger partial charge in [-0.15, -0.1) is 0 Å². The Balaban J connectivity index is 1.20. The van der Waals surface area contributed by atoms with Gasteiger partial charge < -0.3 is 9.47 Å². The normalized spacial score (nSPS) is 44.6. The first-order chi connectivity index (χ1) is 12.9. The molecule has 0 N–H and O–H groups in total. The van der Waals surface area contributed by atoms with E-state index < -0.39 is 0 Å². The highest BCUT2D eigenvalue weighted by Gasteiger charge is 2.74. The van der Waals surface area contributed by atoms with Crippen LogP contribution in [0, 0.1) is 16.7 Å². The van der Waals surface area contributed by atoms with Gasteiger partial charge in [0.05, 0.1) is 24.9 Å². The minimum Gasteiger partial charge on any atom is -0.377 e. The lowest BCUT2D eigenvalue weighted by molar-refractivity contribution is -0.233. The average Bonchev–Trinajstić information content (AvgIpc) is 3.23. The number of rotatable bonds is 5. The van der Waals surface area contributed by atoms with Gasteiger partial charge in [0.25, 0.3) is 0 Å². The summed E-state index contributed by atoms with van der Waals surface area (Å²) >= 11 is 0. The van der Waals surface area contributed by atoms with Gasteiger partial charge in [-0.25, -0.2) is 0 Å². The van der Waals surface area contributed by atoms with Crippen molar-refractivity contribution >= 4 is 0 Å². The molecule has 6 atom stereocenters. The zero-order chi connectivity index (χ0) is 18.9. The molecule has 4 aliphatic rings. The summed E-state index contributed by atoms with van der Waals surface area (Å²) in [4.78, 5) is 6.47. The molecule has 2 heterocycles. The lowest BCUT2D eigenvalue weighted by Gasteiger charge is -2.39. The Morgan fingerprint density at radius 3 is 2.70 bits per heavy atom. The molecule has 2 saturated carbocycles. The number of nitrogens with zero attached hydrogens (tertiary/aromatic N) is 1. The number of hydroxylamine groups is 2. The fourth-order valence-corrected chi connectivity index (χ4v) is 6.46. The molecule has 2 aliphatic carbocycles. The molecule has 4 nitrogen and oxygen atoms in total. The van der Waals surface area contributed by atoms with Crippen molar-refractivity contribution in [2.75, 3.05) is 6.61 Å². The molecule has 2 bridgehead atoms. The van der Waals surface area contributed by atoms with Crippen molar-refractivity contribution in [1.82, 2.24) is 5.06 Å². The maximum Gasteiger partial charge on any atom is 0.144 e. The molecule has 2 saturated heterocycles. The van der Waals surface area contributed by atoms with E-state index in [1.165, 1.54) is 18.4 Å². The first-order valence-electron chi connectivity index (χ1n) is 10.6. The van der Waals surface area contributed by atoms with Crippen LogP contribution in [0.4, 0.5) is 0 Å². The van der Waals surface area contributed by atoms with Gasteiger partial charge in [0.15, 0.2) is 0 Å². The van der Waals surface area contributed by atoms with E-state index in [0.29, 0.717) is 30.1 Å². The molecule has 0 aromatic heterocycles. The van der Waals surface area contributed by atoms with Gasteiger partial charge in [-0.05, 0) is 43.1 Å². The van der Waals surface area contributed by atoms with Crippen LogP contribution in [-0.4, -0.2) is 35.6 Å². The summed E-state index contributed by atoms with van der Waals surface area (Å²) in [5, 5.41) is 2.26. The molecular weight excluding hydrogens is 338 g/mol. The third kappa shape index (κ3) is 2.50. The highest BCUT2D eigenvalue weighted by molar-refractivity contribution is 5.21. The topological polar surface area (TPSA) is 30.9 Å². The fourth-order valence-electron chi connectivity index (χ4n) is 6.46. The molecule has 4 heteroatoms. The van der Waals surface area contributed by atoms with Gasteiger partial charge >= 0.3 is 0 Å². The van der Waals surface area contributed by atoms with Crippen LogP contribution in [0.15, 0.2) is 30.3 Å². The second-order valence-electron chi connectivity index (χ2n) is 10.1. The van der Waals surface area contributed by atoms with Crippen molar-refractivity contribution in [2.45, 2.75) is 84.0 Å². The molecule has 0 amide bonds. The number of fused-ring (bicyclic) bond motifs is 7. The minimum absolute atomic E-state index is 0.196. The van der Waals surface area contributed by atoms with Crippen LogP contribution >= 0.6 is 0 Å². The predicted molar refractivity (Wildman–Crippen MR) is 104 cm³/mol. The van der Waals surface area contributed by atoms with E-state index in [9.17, 15) is 0 Å². The zero-order valence-electron chi connectivity index (χ0n) is 17.1. The molecule has 148 valence electrons. The molecule has 5 rings (SSSR count). The van der Waals surface area contributed by atoms with Gasteiger partial charge in [-0.3, -0.25) is 4.84 Å². The predicted octanol–water partition coefficient (Wildman–Crippen LogP) is 4.54. The highest BCUT2D eigenvalue weighted by atomic mass is 16.8. The highest BCUT2D eigenvalue weighted by Crippen LogP contribution is 2.71. The minimum atomic E-state index is -0.264. The SMILES string of the molecule is CC1(C)[C@@H]2CC[C@@]1(C)[C@@H]1O[C@@]3(C)C[C@H](CCOCc4ccccc4)ON3[C@H]21. The van der Waals surface area contributed by atoms with Crippen molar-refractivity contribution in [2.24, 2.45) is 16.7 Å². The number of hydrogen-bond acceptors (Lipinski definition) is 4. The molecule has 1 aromatic rings. The smallest absolute Gasteiger partial charge is 0.144 e. The van der Waals surface area contributed by atoms with Crippen molar-refractivity contribution in [3.8, 4) is 0 Å². The molecule has 4 fully saturated rings. The van der Waals surface area contributed by atoms with Crippen LogP contribution in [0.3, 0.4) is 0 Å². The van der Waals surface area contributed by atoms with E-state index in [-0.39, 0.29) is 17.2 Å². The Hall–Kier alpha value is -0.940. The molecule has 0 radical (unpaired) electrons. The van der Waals surface area contributed by atoms with Crippen molar-refractivity contribution in [1.29, 1.82) is 0 Å². The van der Waals surface area contributed by atoms with Crippen LogP contribution in [0.2, 0.25) is 0 Å². The second-order valence-corrected chi connectivity index (χ2v) is 10.1. The summed E-state index contributed by atoms with van der Waals surface area (Å²) in [5.74, 6) is 0.669. The molecular formula is C23H33NO3. The Morgan fingerprint density at radius 2 is 1.93 bits per heavy atom. The van der Waals surface area contributed by atoms with E-state index in [2.05, 4.69) is 57.0 Å². The Bertz CT molecular complexity index is 707. The van der Waals surface area contributed by atoms with Gasteiger partial charge in [-0.2, -0.15) is 5.06 Å². The lowest BCUT2D eigenvalue weighted by Crippen LogP contribution is -2.44. The Labute approximate surface area is 163 Å². The van der Waals surface area contributed by atoms with E-state index in [0.717, 1.165) is 19.4 Å². The molecule has 27 heavy (non-hydrogen) atoms. The summed E-state index contributed by atoms with van der Waals surface area (Å²) < 4.78 is 12.6. The average molecular weight is 372 g/mol. The van der Waals surface area contributed by atoms with E-state index in [4.69, 9.17) is 14.3 Å². The summed E-state index contributed by atoms with van der Waals surface area (Å²) in [7, 11) is 0. The fraction of sp³-hybridized carbons (Fsp3) is 0.739. The molecule has 2 aliphatic heterocycles. The van der Waals surface area contributed by atoms with E-state index in [1.54, 1.807) is 0 Å². The standard InChI is InChI=1S/C23H33NO3/c1-21(2)18-10-12-22(21,3)20-19(18)24-23(4,26-20)14-17(27-24)11-13-25-15-16-8-6-5-7-9-16/h5-9,17-20H,10-15H2,1-4H3/t17-,18+,19+,20+,22-,23-/m0/s1. The number of ether oxygens (including phenoxy) is 2. The van der Waals surface area contributed by atoms with E-state index >= 15 is 0 Å². The van der Waals surface area contributed by atoms with Gasteiger partial charge in [0.1, 0.15) is 5.72 Å². The number of hydrogen-bond donors (Lipinski definition) is 0. The van der Waals surface area contributed by atoms with Crippen molar-refractivity contribution in [3.05, 3.63) is 35.9 Å². The molecule has 0 unspecified atom stereocenters. The van der Waals surface area contributed by atoms with Gasteiger partial charge in [0, 0.05) is 18.4 Å². The van der Waals surface area contributed by atoms with Crippen LogP contribution < -0.4 is 0 Å². The monoisotopic (exact) mass is 371 g/mol. The lowest BCUT2D eigenvalue weighted by atomic mass is 9.70. The summed E-state index contributed by atoms with van der Waals surface area (Å²) in [6.45, 7) is 10.9. The summed E-state index contributed by atoms with van der Waals surface area (Å²) in [6.07, 6.45) is 4.96. The third-order valence-electron chi connectivity index (χ3n) is 8.41. The molecule has 1 aromatic carbocycles. The van der Waals surface area contributed by atoms with Gasteiger partial charge in [-0.1, -0.05) is 51.1 Å². The second kappa shape index (κ2) is 6.03. The van der Waals surface area contributed by atoms with Crippen LogP contribution in [0.1, 0.15) is 58.9 Å². The first kappa shape index (κ1) is 18.1. The summed E-state index contributed by atoms with van der Waals surface area (Å²) in [5.41, 5.74) is 1.55. The Morgan fingerprint density at radius 1 is 1.15 bits per heavy atom. The zero-order valence-corrected chi connectivity index (χ0v) is 17.1. The largest absolute Gasteiger partial charge is 0.377 e. The van der Waals surface area contributed by atoms with Crippen molar-refractivity contribution < 1.29 is 14.3 Å². The first-order valence-corrected chi connectivity index (χ1v) is 10.6. The third-order valence-corrected chi connectivity index (χ3v) is 8.41. The maximum atomic E-state index is 6.74. The maximum absolute atomic E-state index is 6.74. The van der Waals surface area contributed by atoms with Gasteiger partial charge in [0.2, 0.25) is 0 Å². The van der Waals surface area contributed by atoms with Crippen LogP contribution in [0.5, 0.6) is 0 Å². The summed E-state index contributed by atoms with van der Waals surface area (Å²) in [6, 6.07) is 10.8. The van der Waals surface area contributed by atoms with Crippen LogP contribution in [0.25, 0.3) is 0 Å². The quantitative estimate of drug-likeness (QED) is 0.711. The van der Waals surface area contributed by atoms with E-state index in [1.807, 2.05) is 6.07 Å². The van der Waals surface area contributed by atoms with Crippen molar-refractivity contribution in [3.63, 3.8) is 0 Å².